The number of anilines is 1. The first-order valence-electron chi connectivity index (χ1n) is 5.67. The van der Waals surface area contributed by atoms with Gasteiger partial charge >= 0.3 is 0 Å². The molecular weight excluding hydrogens is 308 g/mol. The molecular formula is C14H13BrN2S. The van der Waals surface area contributed by atoms with Crippen molar-refractivity contribution < 1.29 is 0 Å². The van der Waals surface area contributed by atoms with Gasteiger partial charge in [0, 0.05) is 27.5 Å². The predicted molar refractivity (Wildman–Crippen MR) is 80.0 cm³/mol. The molecule has 1 aromatic heterocycles. The van der Waals surface area contributed by atoms with Gasteiger partial charge in [-0.2, -0.15) is 5.26 Å². The number of nitrogens with zero attached hydrogens (tertiary/aromatic N) is 1. The quantitative estimate of drug-likeness (QED) is 0.904. The van der Waals surface area contributed by atoms with Crippen LogP contribution in [0.5, 0.6) is 0 Å². The monoisotopic (exact) mass is 320 g/mol. The van der Waals surface area contributed by atoms with Crippen molar-refractivity contribution in [2.45, 2.75) is 19.4 Å². The molecule has 0 spiro atoms. The fourth-order valence-electron chi connectivity index (χ4n) is 1.76. The number of thiophene rings is 1. The Hall–Kier alpha value is -1.31. The number of benzene rings is 1. The summed E-state index contributed by atoms with van der Waals surface area (Å²) in [5.74, 6) is 0. The van der Waals surface area contributed by atoms with E-state index in [0.29, 0.717) is 11.6 Å². The normalized spacial score (nSPS) is 11.8. The van der Waals surface area contributed by atoms with E-state index in [4.69, 9.17) is 5.26 Å². The van der Waals surface area contributed by atoms with Crippen molar-refractivity contribution in [3.05, 3.63) is 50.6 Å². The summed E-state index contributed by atoms with van der Waals surface area (Å²) in [4.78, 5) is 1.38. The van der Waals surface area contributed by atoms with Gasteiger partial charge in [0.15, 0.2) is 0 Å². The molecule has 0 radical (unpaired) electrons. The summed E-state index contributed by atoms with van der Waals surface area (Å²) < 4.78 is 0.832. The summed E-state index contributed by atoms with van der Waals surface area (Å²) >= 11 is 5.18. The summed E-state index contributed by atoms with van der Waals surface area (Å²) in [6.07, 6.45) is 1.01. The van der Waals surface area contributed by atoms with Gasteiger partial charge < -0.3 is 5.32 Å². The SMILES string of the molecule is CC(Cc1cccs1)Nc1ccc(C#N)c(Br)c1. The highest BCUT2D eigenvalue weighted by Gasteiger charge is 2.06. The highest BCUT2D eigenvalue weighted by Crippen LogP contribution is 2.22. The van der Waals surface area contributed by atoms with Gasteiger partial charge in [-0.05, 0) is 52.5 Å². The van der Waals surface area contributed by atoms with Gasteiger partial charge in [-0.1, -0.05) is 6.07 Å². The molecule has 4 heteroatoms. The zero-order valence-corrected chi connectivity index (χ0v) is 12.4. The first-order valence-corrected chi connectivity index (χ1v) is 7.35. The molecule has 2 aromatic rings. The third-order valence-electron chi connectivity index (χ3n) is 2.59. The average molecular weight is 321 g/mol. The van der Waals surface area contributed by atoms with Gasteiger partial charge in [-0.25, -0.2) is 0 Å². The Kier molecular flexibility index (Phi) is 4.40. The maximum atomic E-state index is 8.86. The van der Waals surface area contributed by atoms with Crippen LogP contribution >= 0.6 is 27.3 Å². The molecule has 1 aromatic carbocycles. The zero-order chi connectivity index (χ0) is 13.0. The summed E-state index contributed by atoms with van der Waals surface area (Å²) in [7, 11) is 0. The van der Waals surface area contributed by atoms with Crippen molar-refractivity contribution in [3.8, 4) is 6.07 Å². The van der Waals surface area contributed by atoms with Gasteiger partial charge in [-0.15, -0.1) is 11.3 Å². The van der Waals surface area contributed by atoms with E-state index in [0.717, 1.165) is 16.6 Å². The predicted octanol–water partition coefficient (Wildman–Crippen LogP) is 4.43. The molecule has 2 nitrogen and oxygen atoms in total. The number of nitriles is 1. The molecule has 0 bridgehead atoms. The molecule has 0 amide bonds. The fraction of sp³-hybridized carbons (Fsp3) is 0.214. The van der Waals surface area contributed by atoms with Crippen LogP contribution in [0, 0.1) is 11.3 Å². The van der Waals surface area contributed by atoms with Gasteiger partial charge in [0.1, 0.15) is 6.07 Å². The minimum absolute atomic E-state index is 0.364. The van der Waals surface area contributed by atoms with E-state index in [1.807, 2.05) is 18.2 Å². The van der Waals surface area contributed by atoms with E-state index < -0.39 is 0 Å². The van der Waals surface area contributed by atoms with Crippen molar-refractivity contribution in [1.29, 1.82) is 5.26 Å². The van der Waals surface area contributed by atoms with Gasteiger partial charge in [0.25, 0.3) is 0 Å². The van der Waals surface area contributed by atoms with E-state index in [1.165, 1.54) is 4.88 Å². The number of hydrogen-bond acceptors (Lipinski definition) is 3. The lowest BCUT2D eigenvalue weighted by Crippen LogP contribution is -2.17. The molecule has 1 N–H and O–H groups in total. The molecule has 0 fully saturated rings. The highest BCUT2D eigenvalue weighted by atomic mass is 79.9. The summed E-state index contributed by atoms with van der Waals surface area (Å²) in [6, 6.07) is 12.4. The van der Waals surface area contributed by atoms with E-state index >= 15 is 0 Å². The Bertz CT molecular complexity index is 558. The van der Waals surface area contributed by atoms with Gasteiger partial charge in [0.2, 0.25) is 0 Å². The molecule has 1 atom stereocenters. The minimum Gasteiger partial charge on any atom is -0.382 e. The molecule has 92 valence electrons. The molecule has 1 unspecified atom stereocenters. The van der Waals surface area contributed by atoms with Gasteiger partial charge in [-0.3, -0.25) is 0 Å². The fourth-order valence-corrected chi connectivity index (χ4v) is 3.06. The number of hydrogen-bond donors (Lipinski definition) is 1. The molecule has 18 heavy (non-hydrogen) atoms. The first-order chi connectivity index (χ1) is 8.69. The number of rotatable bonds is 4. The van der Waals surface area contributed by atoms with Crippen LogP contribution in [0.2, 0.25) is 0 Å². The smallest absolute Gasteiger partial charge is 0.100 e. The van der Waals surface area contributed by atoms with E-state index in [2.05, 4.69) is 51.8 Å². The standard InChI is InChI=1S/C14H13BrN2S/c1-10(7-13-3-2-6-18-13)17-12-5-4-11(9-16)14(15)8-12/h2-6,8,10,17H,7H2,1H3. The van der Waals surface area contributed by atoms with Crippen LogP contribution in [-0.2, 0) is 6.42 Å². The molecule has 0 saturated carbocycles. The zero-order valence-electron chi connectivity index (χ0n) is 9.98. The van der Waals surface area contributed by atoms with Crippen molar-refractivity contribution >= 4 is 33.0 Å². The van der Waals surface area contributed by atoms with E-state index in [1.54, 1.807) is 11.3 Å². The lowest BCUT2D eigenvalue weighted by molar-refractivity contribution is 0.800. The van der Waals surface area contributed by atoms with Crippen LogP contribution in [0.15, 0.2) is 40.2 Å². The summed E-state index contributed by atoms with van der Waals surface area (Å²) in [6.45, 7) is 2.16. The van der Waals surface area contributed by atoms with Crippen LogP contribution < -0.4 is 5.32 Å². The third kappa shape index (κ3) is 3.34. The van der Waals surface area contributed by atoms with E-state index in [9.17, 15) is 0 Å². The second-order valence-electron chi connectivity index (χ2n) is 4.14. The molecule has 1 heterocycles. The Morgan fingerprint density at radius 2 is 2.28 bits per heavy atom. The van der Waals surface area contributed by atoms with Crippen LogP contribution in [0.1, 0.15) is 17.4 Å². The maximum absolute atomic E-state index is 8.86. The van der Waals surface area contributed by atoms with Gasteiger partial charge in [0.05, 0.1) is 5.56 Å². The Labute approximate surface area is 119 Å². The van der Waals surface area contributed by atoms with Crippen LogP contribution in [0.3, 0.4) is 0 Å². The van der Waals surface area contributed by atoms with Crippen molar-refractivity contribution in [2.24, 2.45) is 0 Å². The Balaban J connectivity index is 2.01. The molecule has 0 aliphatic rings. The minimum atomic E-state index is 0.364. The number of nitrogens with one attached hydrogen (secondary N) is 1. The van der Waals surface area contributed by atoms with Crippen molar-refractivity contribution in [1.82, 2.24) is 0 Å². The Morgan fingerprint density at radius 3 is 2.89 bits per heavy atom. The molecule has 0 aliphatic heterocycles. The van der Waals surface area contributed by atoms with Crippen LogP contribution in [0.25, 0.3) is 0 Å². The number of halogens is 1. The van der Waals surface area contributed by atoms with Crippen molar-refractivity contribution in [3.63, 3.8) is 0 Å². The lowest BCUT2D eigenvalue weighted by atomic mass is 10.1. The Morgan fingerprint density at radius 1 is 1.44 bits per heavy atom. The molecule has 0 saturated heterocycles. The summed E-state index contributed by atoms with van der Waals surface area (Å²) in [5, 5.41) is 14.4. The highest BCUT2D eigenvalue weighted by molar-refractivity contribution is 9.10. The average Bonchev–Trinajstić information content (AvgIpc) is 2.82. The van der Waals surface area contributed by atoms with E-state index in [-0.39, 0.29) is 0 Å². The largest absolute Gasteiger partial charge is 0.382 e. The first kappa shape index (κ1) is 13.1. The lowest BCUT2D eigenvalue weighted by Gasteiger charge is -2.14. The summed E-state index contributed by atoms with van der Waals surface area (Å²) in [5.41, 5.74) is 1.69. The maximum Gasteiger partial charge on any atom is 0.100 e. The molecule has 0 aliphatic carbocycles. The third-order valence-corrected chi connectivity index (χ3v) is 4.14. The second kappa shape index (κ2) is 6.03. The topological polar surface area (TPSA) is 35.8 Å². The van der Waals surface area contributed by atoms with Crippen molar-refractivity contribution in [2.75, 3.05) is 5.32 Å². The van der Waals surface area contributed by atoms with Crippen LogP contribution in [0.4, 0.5) is 5.69 Å². The second-order valence-corrected chi connectivity index (χ2v) is 6.02. The van der Waals surface area contributed by atoms with Crippen LogP contribution in [-0.4, -0.2) is 6.04 Å². The molecule has 2 rings (SSSR count).